The number of hydrogen-bond acceptors (Lipinski definition) is 3. The number of ether oxygens (including phenoxy) is 1. The van der Waals surface area contributed by atoms with Gasteiger partial charge in [0.15, 0.2) is 0 Å². The third-order valence-corrected chi connectivity index (χ3v) is 3.47. The van der Waals surface area contributed by atoms with Crippen LogP contribution in [-0.2, 0) is 19.3 Å². The number of halogens is 3. The highest BCUT2D eigenvalue weighted by atomic mass is 19.4. The van der Waals surface area contributed by atoms with Crippen molar-refractivity contribution in [3.05, 3.63) is 35.8 Å². The largest absolute Gasteiger partial charge is 0.497 e. The van der Waals surface area contributed by atoms with Crippen LogP contribution in [0.25, 0.3) is 11.3 Å². The van der Waals surface area contributed by atoms with Gasteiger partial charge in [-0.1, -0.05) is 12.1 Å². The normalized spacial score (nSPS) is 14.9. The summed E-state index contributed by atoms with van der Waals surface area (Å²) in [5, 5.41) is 3.09. The van der Waals surface area contributed by atoms with Gasteiger partial charge in [-0.25, -0.2) is 4.98 Å². The quantitative estimate of drug-likeness (QED) is 0.926. The number of alkyl halides is 3. The highest BCUT2D eigenvalue weighted by Crippen LogP contribution is 2.35. The first-order chi connectivity index (χ1) is 10.0. The van der Waals surface area contributed by atoms with Crippen molar-refractivity contribution in [3.8, 4) is 17.0 Å². The lowest BCUT2D eigenvalue weighted by Gasteiger charge is -2.19. The van der Waals surface area contributed by atoms with Crippen molar-refractivity contribution in [2.75, 3.05) is 13.7 Å². The summed E-state index contributed by atoms with van der Waals surface area (Å²) in [6.07, 6.45) is -4.46. The van der Waals surface area contributed by atoms with Crippen molar-refractivity contribution in [1.29, 1.82) is 0 Å². The molecule has 4 nitrogen and oxygen atoms in total. The van der Waals surface area contributed by atoms with Crippen LogP contribution in [0.3, 0.4) is 0 Å². The van der Waals surface area contributed by atoms with Crippen LogP contribution in [-0.4, -0.2) is 23.2 Å². The molecular weight excluding hydrogens is 283 g/mol. The van der Waals surface area contributed by atoms with Crippen molar-refractivity contribution in [2.45, 2.75) is 19.3 Å². The number of nitrogens with zero attached hydrogens (tertiary/aromatic N) is 2. The molecule has 0 amide bonds. The summed E-state index contributed by atoms with van der Waals surface area (Å²) in [5.74, 6) is -0.247. The van der Waals surface area contributed by atoms with Crippen LogP contribution >= 0.6 is 0 Å². The van der Waals surface area contributed by atoms with E-state index in [1.807, 2.05) is 0 Å². The summed E-state index contributed by atoms with van der Waals surface area (Å²) >= 11 is 0. The first-order valence-corrected chi connectivity index (χ1v) is 6.52. The number of fused-ring (bicyclic) bond motifs is 1. The molecular formula is C14H14F3N3O. The van der Waals surface area contributed by atoms with E-state index in [1.54, 1.807) is 24.3 Å². The van der Waals surface area contributed by atoms with Gasteiger partial charge in [0, 0.05) is 25.2 Å². The van der Waals surface area contributed by atoms with Gasteiger partial charge in [0.05, 0.1) is 18.5 Å². The summed E-state index contributed by atoms with van der Waals surface area (Å²) in [6, 6.07) is 6.91. The molecule has 0 spiro atoms. The van der Waals surface area contributed by atoms with Gasteiger partial charge < -0.3 is 14.6 Å². The van der Waals surface area contributed by atoms with Crippen molar-refractivity contribution in [3.63, 3.8) is 0 Å². The Morgan fingerprint density at radius 2 is 2.14 bits per heavy atom. The van der Waals surface area contributed by atoms with Gasteiger partial charge in [0.2, 0.25) is 5.82 Å². The molecule has 1 aliphatic heterocycles. The Labute approximate surface area is 119 Å². The van der Waals surface area contributed by atoms with E-state index in [2.05, 4.69) is 10.3 Å². The van der Waals surface area contributed by atoms with E-state index < -0.39 is 12.0 Å². The molecule has 2 aromatic rings. The van der Waals surface area contributed by atoms with E-state index >= 15 is 0 Å². The van der Waals surface area contributed by atoms with Gasteiger partial charge >= 0.3 is 6.18 Å². The molecule has 7 heteroatoms. The summed E-state index contributed by atoms with van der Waals surface area (Å²) < 4.78 is 45.7. The second kappa shape index (κ2) is 5.07. The predicted molar refractivity (Wildman–Crippen MR) is 70.9 cm³/mol. The third-order valence-electron chi connectivity index (χ3n) is 3.47. The Balaban J connectivity index is 2.16. The van der Waals surface area contributed by atoms with Crippen molar-refractivity contribution >= 4 is 0 Å². The summed E-state index contributed by atoms with van der Waals surface area (Å²) in [5.41, 5.74) is 1.53. The highest BCUT2D eigenvalue weighted by molar-refractivity contribution is 5.64. The molecule has 0 saturated heterocycles. The standard InChI is InChI=1S/C14H14F3N3O/c1-21-10-4-2-3-9(7-10)12-11-8-18-5-6-20(11)13(19-12)14(15,16)17/h2-4,7,18H,5-6,8H2,1H3. The Kier molecular flexibility index (Phi) is 3.36. The molecule has 0 aliphatic carbocycles. The van der Waals surface area contributed by atoms with E-state index in [9.17, 15) is 13.2 Å². The minimum atomic E-state index is -4.46. The minimum Gasteiger partial charge on any atom is -0.497 e. The Morgan fingerprint density at radius 3 is 2.86 bits per heavy atom. The molecule has 0 atom stereocenters. The number of methoxy groups -OCH3 is 1. The molecule has 0 bridgehead atoms. The van der Waals surface area contributed by atoms with Crippen molar-refractivity contribution < 1.29 is 17.9 Å². The zero-order valence-corrected chi connectivity index (χ0v) is 11.4. The highest BCUT2D eigenvalue weighted by Gasteiger charge is 2.39. The number of imidazole rings is 1. The second-order valence-electron chi connectivity index (χ2n) is 4.79. The molecule has 1 N–H and O–H groups in total. The molecule has 112 valence electrons. The van der Waals surface area contributed by atoms with Crippen LogP contribution in [0.15, 0.2) is 24.3 Å². The van der Waals surface area contributed by atoms with Crippen molar-refractivity contribution in [1.82, 2.24) is 14.9 Å². The average Bonchev–Trinajstić information content (AvgIpc) is 2.87. The van der Waals surface area contributed by atoms with Crippen LogP contribution in [0.1, 0.15) is 11.5 Å². The van der Waals surface area contributed by atoms with Crippen LogP contribution < -0.4 is 10.1 Å². The SMILES string of the molecule is COc1cccc(-c2nc(C(F)(F)F)n3c2CNCC3)c1. The van der Waals surface area contributed by atoms with E-state index in [1.165, 1.54) is 11.7 Å². The molecule has 0 unspecified atom stereocenters. The Morgan fingerprint density at radius 1 is 1.33 bits per heavy atom. The van der Waals surface area contributed by atoms with Gasteiger partial charge in [-0.05, 0) is 12.1 Å². The van der Waals surface area contributed by atoms with Gasteiger partial charge in [-0.3, -0.25) is 0 Å². The van der Waals surface area contributed by atoms with Crippen LogP contribution in [0.4, 0.5) is 13.2 Å². The molecule has 1 aromatic carbocycles. The summed E-state index contributed by atoms with van der Waals surface area (Å²) in [6.45, 7) is 1.14. The smallest absolute Gasteiger partial charge is 0.449 e. The molecule has 0 radical (unpaired) electrons. The Hall–Kier alpha value is -2.02. The first-order valence-electron chi connectivity index (χ1n) is 6.52. The van der Waals surface area contributed by atoms with E-state index in [-0.39, 0.29) is 6.54 Å². The van der Waals surface area contributed by atoms with Crippen LogP contribution in [0.5, 0.6) is 5.75 Å². The molecule has 2 heterocycles. The fourth-order valence-corrected chi connectivity index (χ4v) is 2.52. The molecule has 3 rings (SSSR count). The average molecular weight is 297 g/mol. The molecule has 0 saturated carbocycles. The van der Waals surface area contributed by atoms with E-state index in [4.69, 9.17) is 4.74 Å². The number of hydrogen-bond donors (Lipinski definition) is 1. The monoisotopic (exact) mass is 297 g/mol. The van der Waals surface area contributed by atoms with Gasteiger partial charge in [0.25, 0.3) is 0 Å². The summed E-state index contributed by atoms with van der Waals surface area (Å²) in [4.78, 5) is 3.85. The van der Waals surface area contributed by atoms with E-state index in [0.29, 0.717) is 35.8 Å². The first kappa shape index (κ1) is 13.9. The Bertz CT molecular complexity index is 664. The van der Waals surface area contributed by atoms with E-state index in [0.717, 1.165) is 0 Å². The fraction of sp³-hybridized carbons (Fsp3) is 0.357. The lowest BCUT2D eigenvalue weighted by Crippen LogP contribution is -2.30. The lowest BCUT2D eigenvalue weighted by molar-refractivity contribution is -0.147. The molecule has 1 aliphatic rings. The van der Waals surface area contributed by atoms with Gasteiger partial charge in [0.1, 0.15) is 5.75 Å². The number of rotatable bonds is 2. The maximum absolute atomic E-state index is 13.1. The molecule has 1 aromatic heterocycles. The topological polar surface area (TPSA) is 39.1 Å². The number of aromatic nitrogens is 2. The van der Waals surface area contributed by atoms with Crippen LogP contribution in [0, 0.1) is 0 Å². The zero-order chi connectivity index (χ0) is 15.0. The van der Waals surface area contributed by atoms with Gasteiger partial charge in [-0.15, -0.1) is 0 Å². The third kappa shape index (κ3) is 2.49. The maximum Gasteiger partial charge on any atom is 0.449 e. The zero-order valence-electron chi connectivity index (χ0n) is 11.4. The van der Waals surface area contributed by atoms with Crippen LogP contribution in [0.2, 0.25) is 0 Å². The minimum absolute atomic E-state index is 0.265. The van der Waals surface area contributed by atoms with Gasteiger partial charge in [-0.2, -0.15) is 13.2 Å². The van der Waals surface area contributed by atoms with Crippen molar-refractivity contribution in [2.24, 2.45) is 0 Å². The predicted octanol–water partition coefficient (Wildman–Crippen LogP) is 2.68. The lowest BCUT2D eigenvalue weighted by atomic mass is 10.1. The number of nitrogens with one attached hydrogen (secondary N) is 1. The second-order valence-corrected chi connectivity index (χ2v) is 4.79. The maximum atomic E-state index is 13.1. The molecule has 21 heavy (non-hydrogen) atoms. The number of benzene rings is 1. The summed E-state index contributed by atoms with van der Waals surface area (Å²) in [7, 11) is 1.52. The fourth-order valence-electron chi connectivity index (χ4n) is 2.52. The molecule has 0 fully saturated rings.